The van der Waals surface area contributed by atoms with Gasteiger partial charge in [-0.25, -0.2) is 29.9 Å². The molecule has 64 heavy (non-hydrogen) atoms. The van der Waals surface area contributed by atoms with Crippen molar-refractivity contribution < 1.29 is 26.3 Å². The lowest BCUT2D eigenvalue weighted by molar-refractivity contribution is -0.142. The van der Waals surface area contributed by atoms with Crippen LogP contribution in [0.15, 0.2) is 115 Å². The summed E-state index contributed by atoms with van der Waals surface area (Å²) in [5, 5.41) is 13.5. The van der Waals surface area contributed by atoms with Crippen molar-refractivity contribution in [1.82, 2.24) is 39.0 Å². The van der Waals surface area contributed by atoms with E-state index in [-0.39, 0.29) is 28.6 Å². The number of para-hydroxylation sites is 2. The van der Waals surface area contributed by atoms with Crippen LogP contribution in [0.4, 0.5) is 26.3 Å². The highest BCUT2D eigenvalue weighted by molar-refractivity contribution is 6.13. The molecule has 0 N–H and O–H groups in total. The van der Waals surface area contributed by atoms with Crippen molar-refractivity contribution in [2.75, 3.05) is 0 Å². The number of hydrogen-bond acceptors (Lipinski definition) is 7. The molecule has 0 atom stereocenters. The van der Waals surface area contributed by atoms with Crippen LogP contribution in [0, 0.1) is 39.0 Å². The smallest absolute Gasteiger partial charge is 0.308 e. The Kier molecular flexibility index (Phi) is 9.12. The number of nitrogens with zero attached hydrogens (tertiary/aromatic N) is 9. The van der Waals surface area contributed by atoms with Gasteiger partial charge in [0.25, 0.3) is 0 Å². The standard InChI is InChI=1S/C49H31F6N9/c1-25-57-26(2)60-46(59-25)30-13-17-41-36(21-30)33-9-5-7-11-39(33)63(41)43-19-29(24-56)20-44(45(43)35-16-15-32(48(50,51)52)23-38(35)49(53,54)55)64-40-12-8-6-10-34(40)37-22-31(14-18-42(37)64)47-61-27(3)58-28(4)62-47/h5-23H,1-4H3. The highest BCUT2D eigenvalue weighted by Crippen LogP contribution is 2.48. The monoisotopic (exact) mass is 859 g/mol. The van der Waals surface area contributed by atoms with Gasteiger partial charge in [-0.1, -0.05) is 42.5 Å². The van der Waals surface area contributed by atoms with Gasteiger partial charge in [0.2, 0.25) is 0 Å². The number of aryl methyl sites for hydroxylation is 4. The Morgan fingerprint density at radius 3 is 1.33 bits per heavy atom. The summed E-state index contributed by atoms with van der Waals surface area (Å²) in [6, 6.07) is 32.4. The number of rotatable bonds is 5. The molecular weight excluding hydrogens is 829 g/mol. The van der Waals surface area contributed by atoms with E-state index >= 15 is 13.2 Å². The van der Waals surface area contributed by atoms with E-state index in [1.54, 1.807) is 85.4 Å². The predicted octanol–water partition coefficient (Wildman–Crippen LogP) is 12.4. The molecule has 10 rings (SSSR count). The summed E-state index contributed by atoms with van der Waals surface area (Å²) in [5.74, 6) is 2.92. The Morgan fingerprint density at radius 2 is 0.906 bits per heavy atom. The fraction of sp³-hybridized carbons (Fsp3) is 0.122. The van der Waals surface area contributed by atoms with E-state index in [1.807, 2.05) is 36.4 Å². The van der Waals surface area contributed by atoms with Crippen molar-refractivity contribution in [3.05, 3.63) is 155 Å². The Bertz CT molecular complexity index is 3380. The topological polar surface area (TPSA) is 111 Å². The second-order valence-electron chi connectivity index (χ2n) is 15.4. The Labute approximate surface area is 360 Å². The number of benzene rings is 6. The van der Waals surface area contributed by atoms with Crippen molar-refractivity contribution in [3.8, 4) is 51.3 Å². The first-order valence-corrected chi connectivity index (χ1v) is 19.9. The Hall–Kier alpha value is -7.99. The molecule has 4 aromatic heterocycles. The first-order chi connectivity index (χ1) is 30.6. The Morgan fingerprint density at radius 1 is 0.469 bits per heavy atom. The van der Waals surface area contributed by atoms with Gasteiger partial charge in [0.15, 0.2) is 11.6 Å². The molecule has 4 heterocycles. The van der Waals surface area contributed by atoms with Crippen LogP contribution in [0.2, 0.25) is 0 Å². The molecule has 0 saturated carbocycles. The quantitative estimate of drug-likeness (QED) is 0.158. The van der Waals surface area contributed by atoms with Gasteiger partial charge in [-0.3, -0.25) is 0 Å². The molecule has 0 aliphatic rings. The SMILES string of the molecule is Cc1nc(C)nc(-c2ccc3c(c2)c2ccccc2n3-c2cc(C#N)cc(-n3c4ccccc4c4cc(-c5nc(C)nc(C)n5)ccc43)c2-c2ccc(C(F)(F)F)cc2C(F)(F)F)n1. The lowest BCUT2D eigenvalue weighted by Gasteiger charge is -2.24. The third kappa shape index (κ3) is 6.66. The molecule has 0 aliphatic heterocycles. The molecule has 0 fully saturated rings. The van der Waals surface area contributed by atoms with Crippen LogP contribution in [-0.2, 0) is 12.4 Å². The van der Waals surface area contributed by atoms with Crippen LogP contribution in [0.25, 0.3) is 88.9 Å². The van der Waals surface area contributed by atoms with Crippen LogP contribution in [0.5, 0.6) is 0 Å². The van der Waals surface area contributed by atoms with Crippen LogP contribution in [0.1, 0.15) is 40.0 Å². The predicted molar refractivity (Wildman–Crippen MR) is 232 cm³/mol. The third-order valence-corrected chi connectivity index (χ3v) is 11.2. The van der Waals surface area contributed by atoms with Crippen LogP contribution >= 0.6 is 0 Å². The van der Waals surface area contributed by atoms with Gasteiger partial charge in [-0.05, 0) is 106 Å². The number of nitriles is 1. The van der Waals surface area contributed by atoms with Gasteiger partial charge >= 0.3 is 12.4 Å². The van der Waals surface area contributed by atoms with Gasteiger partial charge in [0.05, 0.1) is 56.2 Å². The van der Waals surface area contributed by atoms with Crippen LogP contribution < -0.4 is 0 Å². The first kappa shape index (κ1) is 40.1. The van der Waals surface area contributed by atoms with E-state index in [0.29, 0.717) is 95.8 Å². The van der Waals surface area contributed by atoms with E-state index in [2.05, 4.69) is 36.0 Å². The molecule has 0 radical (unpaired) electrons. The molecule has 15 heteroatoms. The first-order valence-electron chi connectivity index (χ1n) is 19.9. The minimum absolute atomic E-state index is 0.0639. The maximum absolute atomic E-state index is 15.5. The van der Waals surface area contributed by atoms with Crippen LogP contribution in [0.3, 0.4) is 0 Å². The second-order valence-corrected chi connectivity index (χ2v) is 15.4. The molecule has 0 bridgehead atoms. The van der Waals surface area contributed by atoms with E-state index in [4.69, 9.17) is 0 Å². The second kappa shape index (κ2) is 14.6. The molecule has 9 nitrogen and oxygen atoms in total. The number of alkyl halides is 6. The largest absolute Gasteiger partial charge is 0.417 e. The van der Waals surface area contributed by atoms with Crippen molar-refractivity contribution >= 4 is 43.6 Å². The van der Waals surface area contributed by atoms with Gasteiger partial charge in [-0.2, -0.15) is 31.6 Å². The van der Waals surface area contributed by atoms with Crippen molar-refractivity contribution in [3.63, 3.8) is 0 Å². The fourth-order valence-electron chi connectivity index (χ4n) is 8.71. The highest BCUT2D eigenvalue weighted by Gasteiger charge is 2.40. The minimum atomic E-state index is -5.24. The van der Waals surface area contributed by atoms with Gasteiger partial charge in [0, 0.05) is 38.2 Å². The summed E-state index contributed by atoms with van der Waals surface area (Å²) in [7, 11) is 0. The molecule has 0 spiro atoms. The summed E-state index contributed by atoms with van der Waals surface area (Å²) in [6.07, 6.45) is -10.3. The lowest BCUT2D eigenvalue weighted by atomic mass is 9.92. The van der Waals surface area contributed by atoms with Gasteiger partial charge in [-0.15, -0.1) is 0 Å². The van der Waals surface area contributed by atoms with E-state index in [1.165, 1.54) is 12.1 Å². The summed E-state index contributed by atoms with van der Waals surface area (Å²) >= 11 is 0. The summed E-state index contributed by atoms with van der Waals surface area (Å²) in [6.45, 7) is 7.03. The van der Waals surface area contributed by atoms with Crippen molar-refractivity contribution in [2.24, 2.45) is 0 Å². The number of fused-ring (bicyclic) bond motifs is 6. The molecule has 10 aromatic rings. The number of aromatic nitrogens is 8. The summed E-state index contributed by atoms with van der Waals surface area (Å²) < 4.78 is 92.7. The molecule has 0 unspecified atom stereocenters. The van der Waals surface area contributed by atoms with Crippen LogP contribution in [-0.4, -0.2) is 39.0 Å². The van der Waals surface area contributed by atoms with Gasteiger partial charge < -0.3 is 9.13 Å². The third-order valence-electron chi connectivity index (χ3n) is 11.2. The van der Waals surface area contributed by atoms with E-state index in [9.17, 15) is 18.4 Å². The number of halogens is 6. The van der Waals surface area contributed by atoms with E-state index in [0.717, 1.165) is 6.07 Å². The van der Waals surface area contributed by atoms with Crippen molar-refractivity contribution in [1.29, 1.82) is 5.26 Å². The molecular formula is C49H31F6N9. The molecule has 6 aromatic carbocycles. The lowest BCUT2D eigenvalue weighted by Crippen LogP contribution is -2.14. The summed E-state index contributed by atoms with van der Waals surface area (Å²) in [4.78, 5) is 26.8. The average Bonchev–Trinajstić information content (AvgIpc) is 3.76. The average molecular weight is 860 g/mol. The molecule has 0 saturated heterocycles. The maximum atomic E-state index is 15.5. The normalized spacial score (nSPS) is 12.2. The number of hydrogen-bond donors (Lipinski definition) is 0. The molecule has 0 amide bonds. The van der Waals surface area contributed by atoms with E-state index < -0.39 is 29.0 Å². The Balaban J connectivity index is 1.36. The summed E-state index contributed by atoms with van der Waals surface area (Å²) in [5.41, 5.74) is 0.344. The highest BCUT2D eigenvalue weighted by atomic mass is 19.4. The van der Waals surface area contributed by atoms with Gasteiger partial charge in [0.1, 0.15) is 23.3 Å². The maximum Gasteiger partial charge on any atom is 0.417 e. The molecule has 0 aliphatic carbocycles. The minimum Gasteiger partial charge on any atom is -0.308 e. The zero-order chi connectivity index (χ0) is 44.8. The van der Waals surface area contributed by atoms with Crippen molar-refractivity contribution in [2.45, 2.75) is 40.0 Å². The zero-order valence-corrected chi connectivity index (χ0v) is 34.3. The molecule has 314 valence electrons. The fourth-order valence-corrected chi connectivity index (χ4v) is 8.71. The zero-order valence-electron chi connectivity index (χ0n) is 34.3.